The lowest BCUT2D eigenvalue weighted by Crippen LogP contribution is -2.51. The Bertz CT molecular complexity index is 787. The van der Waals surface area contributed by atoms with Crippen molar-refractivity contribution in [3.63, 3.8) is 0 Å². The number of nitrogens with zero attached hydrogens (tertiary/aromatic N) is 2. The van der Waals surface area contributed by atoms with Gasteiger partial charge in [-0.2, -0.15) is 0 Å². The van der Waals surface area contributed by atoms with E-state index in [1.54, 1.807) is 0 Å². The second-order valence-corrected chi connectivity index (χ2v) is 7.35. The number of anilines is 1. The maximum Gasteiger partial charge on any atom is 0.336 e. The first-order chi connectivity index (χ1) is 13.8. The van der Waals surface area contributed by atoms with E-state index < -0.39 is 11.4 Å². The molecule has 1 fully saturated rings. The summed E-state index contributed by atoms with van der Waals surface area (Å²) in [6, 6.07) is 16.3. The Hall–Kier alpha value is -2.31. The molecular formula is C26H38N2O. The lowest BCUT2D eigenvalue weighted by atomic mass is 9.92. The maximum absolute atomic E-state index is 11.3. The molecule has 158 valence electrons. The van der Waals surface area contributed by atoms with Crippen molar-refractivity contribution in [2.45, 2.75) is 79.6 Å². The van der Waals surface area contributed by atoms with Gasteiger partial charge in [0.15, 0.2) is 0 Å². The molecule has 3 atom stereocenters. The van der Waals surface area contributed by atoms with Crippen LogP contribution < -0.4 is 4.90 Å². The van der Waals surface area contributed by atoms with Crippen molar-refractivity contribution in [3.8, 4) is 0 Å². The lowest BCUT2D eigenvalue weighted by molar-refractivity contribution is 0.0284. The highest BCUT2D eigenvalue weighted by Gasteiger charge is 2.62. The predicted molar refractivity (Wildman–Crippen MR) is 125 cm³/mol. The van der Waals surface area contributed by atoms with Crippen LogP contribution in [0, 0.1) is 19.4 Å². The molecule has 0 aromatic heterocycles. The van der Waals surface area contributed by atoms with Gasteiger partial charge in [-0.15, -0.1) is 0 Å². The number of hydrogen-bond acceptors (Lipinski definition) is 2. The molecule has 3 heteroatoms. The van der Waals surface area contributed by atoms with E-state index in [4.69, 9.17) is 6.57 Å². The molecule has 3 nitrogen and oxygen atoms in total. The molecule has 0 saturated carbocycles. The summed E-state index contributed by atoms with van der Waals surface area (Å²) in [6.07, 6.45) is 1.57. The van der Waals surface area contributed by atoms with Crippen LogP contribution in [0.4, 0.5) is 5.69 Å². The molecule has 0 bridgehead atoms. The van der Waals surface area contributed by atoms with Gasteiger partial charge >= 0.3 is 5.66 Å². The Morgan fingerprint density at radius 3 is 2.00 bits per heavy atom. The van der Waals surface area contributed by atoms with Gasteiger partial charge in [-0.05, 0) is 50.1 Å². The minimum absolute atomic E-state index is 0.0197. The minimum atomic E-state index is -1.08. The molecule has 0 spiro atoms. The first-order valence-electron chi connectivity index (χ1n) is 10.9. The van der Waals surface area contributed by atoms with Gasteiger partial charge in [-0.1, -0.05) is 71.4 Å². The van der Waals surface area contributed by atoms with Gasteiger partial charge < -0.3 is 5.11 Å². The summed E-state index contributed by atoms with van der Waals surface area (Å²) in [6.45, 7) is 24.1. The molecule has 1 N–H and O–H groups in total. The molecule has 0 amide bonds. The fourth-order valence-corrected chi connectivity index (χ4v) is 3.89. The van der Waals surface area contributed by atoms with E-state index in [2.05, 4.69) is 23.9 Å². The summed E-state index contributed by atoms with van der Waals surface area (Å²) < 4.78 is 0. The van der Waals surface area contributed by atoms with Crippen molar-refractivity contribution >= 4 is 5.69 Å². The Kier molecular flexibility index (Phi) is 8.92. The van der Waals surface area contributed by atoms with Crippen LogP contribution in [0.3, 0.4) is 0 Å². The van der Waals surface area contributed by atoms with E-state index in [-0.39, 0.29) is 5.92 Å². The monoisotopic (exact) mass is 394 g/mol. The average molecular weight is 395 g/mol. The predicted octanol–water partition coefficient (Wildman–Crippen LogP) is 6.94. The van der Waals surface area contributed by atoms with E-state index in [1.807, 2.05) is 89.8 Å². The van der Waals surface area contributed by atoms with Crippen LogP contribution in [-0.2, 0) is 12.1 Å². The van der Waals surface area contributed by atoms with E-state index >= 15 is 0 Å². The lowest BCUT2D eigenvalue weighted by Gasteiger charge is -2.38. The SMILES string of the molecule is CC.CC.[C-]#[N+]C1(c2ccc(CC)cc2)CC(C)C(C)(O)N1c1ccc(C)cc1. The molecule has 1 heterocycles. The van der Waals surface area contributed by atoms with E-state index in [1.165, 1.54) is 5.56 Å². The molecule has 0 aliphatic carbocycles. The van der Waals surface area contributed by atoms with Crippen LogP contribution in [0.2, 0.25) is 0 Å². The normalized spacial score (nSPS) is 25.2. The Balaban J connectivity index is 0.000000989. The largest absolute Gasteiger partial charge is 0.371 e. The number of benzene rings is 2. The Morgan fingerprint density at radius 2 is 1.55 bits per heavy atom. The summed E-state index contributed by atoms with van der Waals surface area (Å²) in [5.41, 5.74) is 2.29. The standard InChI is InChI=1S/C22H26N2O.2C2H6/c1-6-18-9-11-19(12-10-18)22(23-5)15-17(3)21(4,25)24(22)20-13-7-16(2)8-14-20;2*1-2/h7-14,17,25H,6,15H2,1-4H3;2*1-2H3. The first kappa shape index (κ1) is 24.7. The zero-order chi connectivity index (χ0) is 22.2. The third-order valence-electron chi connectivity index (χ3n) is 5.65. The molecule has 3 rings (SSSR count). The highest BCUT2D eigenvalue weighted by atomic mass is 16.3. The van der Waals surface area contributed by atoms with Crippen molar-refractivity contribution in [2.75, 3.05) is 4.90 Å². The topological polar surface area (TPSA) is 27.8 Å². The summed E-state index contributed by atoms with van der Waals surface area (Å²) in [5.74, 6) is -0.0197. The van der Waals surface area contributed by atoms with Gasteiger partial charge in [0.2, 0.25) is 0 Å². The van der Waals surface area contributed by atoms with Gasteiger partial charge in [0.05, 0.1) is 12.0 Å². The first-order valence-corrected chi connectivity index (χ1v) is 10.9. The smallest absolute Gasteiger partial charge is 0.336 e. The fraction of sp³-hybridized carbons (Fsp3) is 0.500. The Morgan fingerprint density at radius 1 is 1.03 bits per heavy atom. The molecule has 29 heavy (non-hydrogen) atoms. The van der Waals surface area contributed by atoms with Crippen molar-refractivity contribution in [1.82, 2.24) is 0 Å². The molecular weight excluding hydrogens is 356 g/mol. The molecule has 2 aromatic carbocycles. The second-order valence-electron chi connectivity index (χ2n) is 7.35. The highest BCUT2D eigenvalue weighted by molar-refractivity contribution is 5.57. The highest BCUT2D eigenvalue weighted by Crippen LogP contribution is 2.52. The number of hydrogen-bond donors (Lipinski definition) is 1. The zero-order valence-electron chi connectivity index (χ0n) is 19.5. The van der Waals surface area contributed by atoms with Gasteiger partial charge in [-0.25, -0.2) is 6.57 Å². The molecule has 3 unspecified atom stereocenters. The summed E-state index contributed by atoms with van der Waals surface area (Å²) in [5, 5.41) is 11.3. The summed E-state index contributed by atoms with van der Waals surface area (Å²) in [4.78, 5) is 6.00. The van der Waals surface area contributed by atoms with Gasteiger partial charge in [0.25, 0.3) is 0 Å². The van der Waals surface area contributed by atoms with Gasteiger partial charge in [-0.3, -0.25) is 9.74 Å². The van der Waals surface area contributed by atoms with E-state index in [0.717, 1.165) is 23.2 Å². The average Bonchev–Trinajstić information content (AvgIpc) is 2.98. The zero-order valence-corrected chi connectivity index (χ0v) is 19.5. The van der Waals surface area contributed by atoms with Crippen molar-refractivity contribution in [3.05, 3.63) is 76.6 Å². The van der Waals surface area contributed by atoms with Crippen LogP contribution >= 0.6 is 0 Å². The third-order valence-corrected chi connectivity index (χ3v) is 5.65. The quantitative estimate of drug-likeness (QED) is 0.571. The minimum Gasteiger partial charge on any atom is -0.371 e. The van der Waals surface area contributed by atoms with Crippen LogP contribution in [0.25, 0.3) is 4.85 Å². The van der Waals surface area contributed by atoms with Gasteiger partial charge in [0, 0.05) is 11.6 Å². The van der Waals surface area contributed by atoms with Crippen molar-refractivity contribution < 1.29 is 5.11 Å². The summed E-state index contributed by atoms with van der Waals surface area (Å²) >= 11 is 0. The van der Waals surface area contributed by atoms with Gasteiger partial charge in [0.1, 0.15) is 5.72 Å². The fourth-order valence-electron chi connectivity index (χ4n) is 3.89. The third kappa shape index (κ3) is 4.65. The van der Waals surface area contributed by atoms with E-state index in [9.17, 15) is 5.11 Å². The second kappa shape index (κ2) is 10.5. The van der Waals surface area contributed by atoms with Crippen LogP contribution in [0.15, 0.2) is 48.5 Å². The summed E-state index contributed by atoms with van der Waals surface area (Å²) in [7, 11) is 0. The molecule has 1 saturated heterocycles. The molecule has 1 aliphatic rings. The number of rotatable bonds is 3. The van der Waals surface area contributed by atoms with Crippen LogP contribution in [-0.4, -0.2) is 10.8 Å². The maximum atomic E-state index is 11.3. The number of aliphatic hydroxyl groups is 1. The van der Waals surface area contributed by atoms with Crippen molar-refractivity contribution in [2.24, 2.45) is 5.92 Å². The van der Waals surface area contributed by atoms with Crippen molar-refractivity contribution in [1.29, 1.82) is 0 Å². The molecule has 0 radical (unpaired) electrons. The number of aryl methyl sites for hydroxylation is 2. The van der Waals surface area contributed by atoms with E-state index in [0.29, 0.717) is 6.42 Å². The Labute approximate surface area is 178 Å². The molecule has 1 aliphatic heterocycles. The molecule has 2 aromatic rings. The van der Waals surface area contributed by atoms with Crippen LogP contribution in [0.5, 0.6) is 0 Å². The van der Waals surface area contributed by atoms with Crippen LogP contribution in [0.1, 0.15) is 71.6 Å².